The first-order chi connectivity index (χ1) is 19.8. The van der Waals surface area contributed by atoms with Crippen molar-refractivity contribution in [2.24, 2.45) is 0 Å². The van der Waals surface area contributed by atoms with Crippen LogP contribution in [-0.4, -0.2) is 41.1 Å². The standard InChI is InChI=1S/C28H33N7O3S4/c1-17(2)32-27(39)34-19-8-6-18(7-9-19)25-30-15-22(41-25)21-11-10-20(14-23(21)42(37,38)35-28(3,4)5)33-26(36)31-16-24-29-12-13-40-24/h6-15,17,35H,16H2,1-5H3,(H2,31,33,36)(H2,32,34,39). The highest BCUT2D eigenvalue weighted by Gasteiger charge is 2.26. The molecule has 0 aliphatic rings. The number of thiocarbonyl (C=S) groups is 1. The lowest BCUT2D eigenvalue weighted by molar-refractivity contribution is 0.251. The van der Waals surface area contributed by atoms with Gasteiger partial charge in [0.2, 0.25) is 10.0 Å². The summed E-state index contributed by atoms with van der Waals surface area (Å²) in [5.41, 5.74) is 1.82. The molecule has 0 spiro atoms. The van der Waals surface area contributed by atoms with E-state index in [0.29, 0.717) is 21.2 Å². The molecule has 5 N–H and O–H groups in total. The summed E-state index contributed by atoms with van der Waals surface area (Å²) in [6, 6.07) is 12.2. The number of carbonyl (C=O) groups excluding carboxylic acids is 1. The van der Waals surface area contributed by atoms with Gasteiger partial charge in [0.15, 0.2) is 5.11 Å². The topological polar surface area (TPSA) is 137 Å². The molecule has 2 heterocycles. The highest BCUT2D eigenvalue weighted by Crippen LogP contribution is 2.37. The van der Waals surface area contributed by atoms with Crippen LogP contribution in [-0.2, 0) is 16.6 Å². The van der Waals surface area contributed by atoms with Crippen LogP contribution in [0.1, 0.15) is 39.6 Å². The number of thiazole rings is 2. The fourth-order valence-corrected chi connectivity index (χ4v) is 7.41. The SMILES string of the molecule is CC(C)NC(=S)Nc1ccc(-c2ncc(-c3ccc(NC(=O)NCc4nccs4)cc3S(=O)(=O)NC(C)(C)C)s2)cc1. The Bertz CT molecular complexity index is 1640. The van der Waals surface area contributed by atoms with Gasteiger partial charge in [0.05, 0.1) is 16.3 Å². The molecule has 2 amide bonds. The maximum atomic E-state index is 13.5. The highest BCUT2D eigenvalue weighted by molar-refractivity contribution is 7.89. The van der Waals surface area contributed by atoms with Crippen LogP contribution in [0.5, 0.6) is 0 Å². The normalized spacial score (nSPS) is 11.8. The molecule has 0 radical (unpaired) electrons. The van der Waals surface area contributed by atoms with Crippen molar-refractivity contribution in [1.29, 1.82) is 0 Å². The molecular formula is C28H33N7O3S4. The minimum absolute atomic E-state index is 0.0380. The van der Waals surface area contributed by atoms with Crippen molar-refractivity contribution < 1.29 is 13.2 Å². The molecule has 0 saturated carbocycles. The van der Waals surface area contributed by atoms with E-state index in [1.54, 1.807) is 45.3 Å². The van der Waals surface area contributed by atoms with E-state index in [0.717, 1.165) is 21.3 Å². The third-order valence-electron chi connectivity index (χ3n) is 5.43. The molecule has 0 unspecified atom stereocenters. The monoisotopic (exact) mass is 643 g/mol. The Morgan fingerprint density at radius 2 is 1.74 bits per heavy atom. The van der Waals surface area contributed by atoms with Crippen LogP contribution >= 0.6 is 34.9 Å². The van der Waals surface area contributed by atoms with Crippen molar-refractivity contribution >= 4 is 67.4 Å². The number of rotatable bonds is 9. The minimum Gasteiger partial charge on any atom is -0.360 e. The number of hydrogen-bond donors (Lipinski definition) is 5. The molecule has 0 saturated heterocycles. The molecular weight excluding hydrogens is 611 g/mol. The fraction of sp³-hybridized carbons (Fsp3) is 0.286. The molecule has 0 atom stereocenters. The summed E-state index contributed by atoms with van der Waals surface area (Å²) in [6.45, 7) is 9.60. The van der Waals surface area contributed by atoms with Gasteiger partial charge in [0, 0.05) is 51.9 Å². The third kappa shape index (κ3) is 8.79. The summed E-state index contributed by atoms with van der Waals surface area (Å²) in [4.78, 5) is 21.9. The molecule has 2 aromatic heterocycles. The van der Waals surface area contributed by atoms with Gasteiger partial charge in [-0.05, 0) is 83.2 Å². The van der Waals surface area contributed by atoms with Crippen LogP contribution in [0, 0.1) is 0 Å². The molecule has 0 bridgehead atoms. The summed E-state index contributed by atoms with van der Waals surface area (Å²) in [5, 5.41) is 15.6. The number of nitrogens with one attached hydrogen (secondary N) is 5. The number of amides is 2. The van der Waals surface area contributed by atoms with Crippen molar-refractivity contribution in [3.8, 4) is 21.0 Å². The zero-order chi connectivity index (χ0) is 30.5. The molecule has 4 rings (SSSR count). The fourth-order valence-electron chi connectivity index (χ4n) is 3.81. The summed E-state index contributed by atoms with van der Waals surface area (Å²) in [5.74, 6) is 0. The smallest absolute Gasteiger partial charge is 0.319 e. The number of hydrogen-bond acceptors (Lipinski definition) is 8. The lowest BCUT2D eigenvalue weighted by atomic mass is 10.1. The first kappa shape index (κ1) is 31.5. The van der Waals surface area contributed by atoms with Crippen molar-refractivity contribution in [3.05, 3.63) is 65.2 Å². The van der Waals surface area contributed by atoms with E-state index < -0.39 is 21.6 Å². The molecule has 222 valence electrons. The maximum Gasteiger partial charge on any atom is 0.319 e. The number of carbonyl (C=O) groups is 1. The lowest BCUT2D eigenvalue weighted by Gasteiger charge is -2.22. The second-order valence-corrected chi connectivity index (χ2v) is 14.7. The lowest BCUT2D eigenvalue weighted by Crippen LogP contribution is -2.40. The van der Waals surface area contributed by atoms with Crippen molar-refractivity contribution in [2.75, 3.05) is 10.6 Å². The molecule has 4 aromatic rings. The Labute approximate surface area is 259 Å². The second-order valence-electron chi connectivity index (χ2n) is 10.7. The van der Waals surface area contributed by atoms with Crippen LogP contribution in [0.15, 0.2) is 65.1 Å². The Kier molecular flexibility index (Phi) is 9.94. The molecule has 0 aliphatic carbocycles. The van der Waals surface area contributed by atoms with Gasteiger partial charge in [-0.15, -0.1) is 22.7 Å². The molecule has 14 heteroatoms. The van der Waals surface area contributed by atoms with Crippen LogP contribution < -0.4 is 26.0 Å². The van der Waals surface area contributed by atoms with E-state index in [1.165, 1.54) is 28.7 Å². The Hall–Kier alpha value is -3.43. The third-order valence-corrected chi connectivity index (χ3v) is 9.31. The van der Waals surface area contributed by atoms with Gasteiger partial charge in [-0.1, -0.05) is 6.07 Å². The second kappa shape index (κ2) is 13.3. The summed E-state index contributed by atoms with van der Waals surface area (Å²) in [7, 11) is -3.96. The Morgan fingerprint density at radius 3 is 2.38 bits per heavy atom. The van der Waals surface area contributed by atoms with E-state index >= 15 is 0 Å². The molecule has 0 aliphatic heterocycles. The predicted octanol–water partition coefficient (Wildman–Crippen LogP) is 6.03. The first-order valence-corrected chi connectivity index (χ1v) is 16.6. The highest BCUT2D eigenvalue weighted by atomic mass is 32.2. The van der Waals surface area contributed by atoms with Gasteiger partial charge in [0.25, 0.3) is 0 Å². The van der Waals surface area contributed by atoms with Gasteiger partial charge in [-0.3, -0.25) is 0 Å². The molecule has 42 heavy (non-hydrogen) atoms. The van der Waals surface area contributed by atoms with E-state index in [4.69, 9.17) is 12.2 Å². The summed E-state index contributed by atoms with van der Waals surface area (Å²) >= 11 is 8.12. The number of anilines is 2. The largest absolute Gasteiger partial charge is 0.360 e. The summed E-state index contributed by atoms with van der Waals surface area (Å²) in [6.07, 6.45) is 3.32. The van der Waals surface area contributed by atoms with Gasteiger partial charge in [-0.25, -0.2) is 27.9 Å². The van der Waals surface area contributed by atoms with Crippen LogP contribution in [0.2, 0.25) is 0 Å². The minimum atomic E-state index is -3.96. The van der Waals surface area contributed by atoms with Gasteiger partial charge in [0.1, 0.15) is 10.0 Å². The Morgan fingerprint density at radius 1 is 1.02 bits per heavy atom. The maximum absolute atomic E-state index is 13.5. The van der Waals surface area contributed by atoms with Crippen LogP contribution in [0.4, 0.5) is 16.2 Å². The van der Waals surface area contributed by atoms with Gasteiger partial charge >= 0.3 is 6.03 Å². The van der Waals surface area contributed by atoms with Gasteiger partial charge < -0.3 is 21.3 Å². The van der Waals surface area contributed by atoms with E-state index in [-0.39, 0.29) is 17.5 Å². The van der Waals surface area contributed by atoms with E-state index in [9.17, 15) is 13.2 Å². The zero-order valence-electron chi connectivity index (χ0n) is 23.8. The van der Waals surface area contributed by atoms with Crippen LogP contribution in [0.3, 0.4) is 0 Å². The summed E-state index contributed by atoms with van der Waals surface area (Å²) < 4.78 is 29.8. The first-order valence-electron chi connectivity index (χ1n) is 13.0. The molecule has 2 aromatic carbocycles. The number of sulfonamides is 1. The van der Waals surface area contributed by atoms with Crippen LogP contribution in [0.25, 0.3) is 21.0 Å². The predicted molar refractivity (Wildman–Crippen MR) is 176 cm³/mol. The van der Waals surface area contributed by atoms with Crippen molar-refractivity contribution in [3.63, 3.8) is 0 Å². The Balaban J connectivity index is 1.59. The van der Waals surface area contributed by atoms with E-state index in [2.05, 4.69) is 36.0 Å². The van der Waals surface area contributed by atoms with Gasteiger partial charge in [-0.2, -0.15) is 0 Å². The van der Waals surface area contributed by atoms with Crippen molar-refractivity contribution in [2.45, 2.75) is 57.6 Å². The van der Waals surface area contributed by atoms with Crippen molar-refractivity contribution in [1.82, 2.24) is 25.3 Å². The zero-order valence-corrected chi connectivity index (χ0v) is 27.1. The molecule has 0 fully saturated rings. The number of urea groups is 1. The average molecular weight is 644 g/mol. The molecule has 10 nitrogen and oxygen atoms in total. The number of benzene rings is 2. The average Bonchev–Trinajstić information content (AvgIpc) is 3.59. The number of aromatic nitrogens is 2. The quantitative estimate of drug-likeness (QED) is 0.140. The number of nitrogens with zero attached hydrogens (tertiary/aromatic N) is 2. The van der Waals surface area contributed by atoms with E-state index in [1.807, 2.05) is 43.5 Å².